The average Bonchev–Trinajstić information content (AvgIpc) is 2.75. The zero-order valence-corrected chi connectivity index (χ0v) is 11.6. The number of nitro groups is 1. The maximum Gasteiger partial charge on any atom is 0.269 e. The van der Waals surface area contributed by atoms with E-state index in [0.717, 1.165) is 24.4 Å². The highest BCUT2D eigenvalue weighted by Gasteiger charge is 2.21. The lowest BCUT2D eigenvalue weighted by atomic mass is 10.1. The van der Waals surface area contributed by atoms with Gasteiger partial charge in [-0.2, -0.15) is 0 Å². The molecule has 0 heterocycles. The summed E-state index contributed by atoms with van der Waals surface area (Å²) in [5, 5.41) is 17.4. The van der Waals surface area contributed by atoms with E-state index in [2.05, 4.69) is 17.6 Å². The van der Waals surface area contributed by atoms with E-state index in [1.165, 1.54) is 18.6 Å². The summed E-state index contributed by atoms with van der Waals surface area (Å²) in [4.78, 5) is 10.1. The number of thiocarbonyl (C=S) groups is 1. The summed E-state index contributed by atoms with van der Waals surface area (Å²) in [6, 6.07) is 6.67. The molecule has 2 N–H and O–H groups in total. The van der Waals surface area contributed by atoms with Crippen LogP contribution in [0.4, 0.5) is 11.4 Å². The Labute approximate surface area is 117 Å². The van der Waals surface area contributed by atoms with E-state index in [-0.39, 0.29) is 5.69 Å². The van der Waals surface area contributed by atoms with Gasteiger partial charge < -0.3 is 10.6 Å². The van der Waals surface area contributed by atoms with Crippen molar-refractivity contribution in [2.24, 2.45) is 5.92 Å². The molecule has 102 valence electrons. The predicted molar refractivity (Wildman–Crippen MR) is 79.3 cm³/mol. The van der Waals surface area contributed by atoms with Crippen LogP contribution in [-0.2, 0) is 0 Å². The highest BCUT2D eigenvalue weighted by atomic mass is 32.1. The SMILES string of the molecule is CC1CCC(NC(=S)Nc2ccc([N+](=O)[O-])cc2)C1. The van der Waals surface area contributed by atoms with Crippen LogP contribution in [0.2, 0.25) is 0 Å². The molecule has 0 bridgehead atoms. The minimum absolute atomic E-state index is 0.0778. The minimum atomic E-state index is -0.416. The van der Waals surface area contributed by atoms with Crippen molar-refractivity contribution in [1.82, 2.24) is 5.32 Å². The Morgan fingerprint density at radius 3 is 2.58 bits per heavy atom. The molecule has 1 aliphatic carbocycles. The van der Waals surface area contributed by atoms with E-state index in [1.807, 2.05) is 0 Å². The number of benzene rings is 1. The van der Waals surface area contributed by atoms with Gasteiger partial charge in [0.05, 0.1) is 4.92 Å². The van der Waals surface area contributed by atoms with Crippen LogP contribution in [0.5, 0.6) is 0 Å². The number of nitrogens with zero attached hydrogens (tertiary/aromatic N) is 1. The van der Waals surface area contributed by atoms with Gasteiger partial charge in [-0.05, 0) is 49.5 Å². The molecule has 6 heteroatoms. The smallest absolute Gasteiger partial charge is 0.269 e. The van der Waals surface area contributed by atoms with Crippen LogP contribution < -0.4 is 10.6 Å². The summed E-state index contributed by atoms with van der Waals surface area (Å²) in [5.41, 5.74) is 0.836. The van der Waals surface area contributed by atoms with Crippen molar-refractivity contribution in [1.29, 1.82) is 0 Å². The molecule has 0 saturated heterocycles. The summed E-state index contributed by atoms with van der Waals surface area (Å²) < 4.78 is 0. The standard InChI is InChI=1S/C13H17N3O2S/c1-9-2-3-11(8-9)15-13(19)14-10-4-6-12(7-5-10)16(17)18/h4-7,9,11H,2-3,8H2,1H3,(H2,14,15,19). The van der Waals surface area contributed by atoms with Gasteiger partial charge in [-0.3, -0.25) is 10.1 Å². The van der Waals surface area contributed by atoms with Gasteiger partial charge in [0.1, 0.15) is 0 Å². The van der Waals surface area contributed by atoms with Crippen molar-refractivity contribution in [3.05, 3.63) is 34.4 Å². The third-order valence-electron chi connectivity index (χ3n) is 3.37. The van der Waals surface area contributed by atoms with Crippen molar-refractivity contribution in [3.8, 4) is 0 Å². The van der Waals surface area contributed by atoms with Gasteiger partial charge in [-0.25, -0.2) is 0 Å². The maximum atomic E-state index is 10.5. The second-order valence-corrected chi connectivity index (χ2v) is 5.43. The van der Waals surface area contributed by atoms with E-state index in [1.54, 1.807) is 12.1 Å². The second kappa shape index (κ2) is 5.97. The molecular formula is C13H17N3O2S. The molecule has 1 fully saturated rings. The molecule has 0 aromatic heterocycles. The van der Waals surface area contributed by atoms with E-state index in [0.29, 0.717) is 11.2 Å². The molecule has 1 aliphatic rings. The zero-order chi connectivity index (χ0) is 13.8. The molecular weight excluding hydrogens is 262 g/mol. The molecule has 1 aromatic rings. The number of rotatable bonds is 3. The van der Waals surface area contributed by atoms with Crippen molar-refractivity contribution in [3.63, 3.8) is 0 Å². The van der Waals surface area contributed by atoms with Gasteiger partial charge in [0.15, 0.2) is 5.11 Å². The third kappa shape index (κ3) is 3.89. The molecule has 5 nitrogen and oxygen atoms in total. The molecule has 2 unspecified atom stereocenters. The van der Waals surface area contributed by atoms with E-state index in [9.17, 15) is 10.1 Å². The van der Waals surface area contributed by atoms with E-state index >= 15 is 0 Å². The van der Waals surface area contributed by atoms with Crippen LogP contribution in [0.3, 0.4) is 0 Å². The molecule has 2 atom stereocenters. The monoisotopic (exact) mass is 279 g/mol. The normalized spacial score (nSPS) is 21.9. The largest absolute Gasteiger partial charge is 0.360 e. The first-order valence-corrected chi connectivity index (χ1v) is 6.77. The average molecular weight is 279 g/mol. The molecule has 1 aromatic carbocycles. The summed E-state index contributed by atoms with van der Waals surface area (Å²) in [5.74, 6) is 0.750. The highest BCUT2D eigenvalue weighted by Crippen LogP contribution is 2.24. The van der Waals surface area contributed by atoms with Crippen LogP contribution in [0.1, 0.15) is 26.2 Å². The van der Waals surface area contributed by atoms with E-state index < -0.39 is 4.92 Å². The molecule has 1 saturated carbocycles. The lowest BCUT2D eigenvalue weighted by Crippen LogP contribution is -2.36. The number of nitrogens with one attached hydrogen (secondary N) is 2. The fourth-order valence-electron chi connectivity index (χ4n) is 2.36. The number of anilines is 1. The molecule has 0 spiro atoms. The lowest BCUT2D eigenvalue weighted by molar-refractivity contribution is -0.384. The topological polar surface area (TPSA) is 67.2 Å². The minimum Gasteiger partial charge on any atom is -0.360 e. The first-order valence-electron chi connectivity index (χ1n) is 6.36. The first kappa shape index (κ1) is 13.7. The van der Waals surface area contributed by atoms with Gasteiger partial charge >= 0.3 is 0 Å². The summed E-state index contributed by atoms with van der Waals surface area (Å²) in [6.45, 7) is 2.24. The lowest BCUT2D eigenvalue weighted by Gasteiger charge is -2.16. The van der Waals surface area contributed by atoms with Crippen molar-refractivity contribution in [2.45, 2.75) is 32.2 Å². The van der Waals surface area contributed by atoms with Crippen molar-refractivity contribution >= 4 is 28.7 Å². The Morgan fingerprint density at radius 2 is 2.05 bits per heavy atom. The fraction of sp³-hybridized carbons (Fsp3) is 0.462. The first-order chi connectivity index (χ1) is 9.04. The van der Waals surface area contributed by atoms with Crippen LogP contribution in [0.15, 0.2) is 24.3 Å². The molecule has 0 radical (unpaired) electrons. The van der Waals surface area contributed by atoms with Crippen LogP contribution in [0, 0.1) is 16.0 Å². The Balaban J connectivity index is 1.86. The Hall–Kier alpha value is -1.69. The Morgan fingerprint density at radius 1 is 1.37 bits per heavy atom. The van der Waals surface area contributed by atoms with Crippen molar-refractivity contribution < 1.29 is 4.92 Å². The zero-order valence-electron chi connectivity index (χ0n) is 10.8. The maximum absolute atomic E-state index is 10.5. The third-order valence-corrected chi connectivity index (χ3v) is 3.59. The molecule has 0 aliphatic heterocycles. The summed E-state index contributed by atoms with van der Waals surface area (Å²) in [6.07, 6.45) is 3.52. The van der Waals surface area contributed by atoms with Gasteiger partial charge in [0, 0.05) is 23.9 Å². The highest BCUT2D eigenvalue weighted by molar-refractivity contribution is 7.80. The quantitative estimate of drug-likeness (QED) is 0.505. The van der Waals surface area contributed by atoms with Crippen LogP contribution in [-0.4, -0.2) is 16.1 Å². The van der Waals surface area contributed by atoms with Gasteiger partial charge in [0.25, 0.3) is 5.69 Å². The van der Waals surface area contributed by atoms with Gasteiger partial charge in [-0.1, -0.05) is 6.92 Å². The molecule has 0 amide bonds. The van der Waals surface area contributed by atoms with Crippen LogP contribution in [0.25, 0.3) is 0 Å². The summed E-state index contributed by atoms with van der Waals surface area (Å²) >= 11 is 5.24. The summed E-state index contributed by atoms with van der Waals surface area (Å²) in [7, 11) is 0. The van der Waals surface area contributed by atoms with Gasteiger partial charge in [0.2, 0.25) is 0 Å². The predicted octanol–water partition coefficient (Wildman–Crippen LogP) is 3.07. The number of hydrogen-bond donors (Lipinski definition) is 2. The Kier molecular flexibility index (Phi) is 4.31. The second-order valence-electron chi connectivity index (χ2n) is 5.02. The Bertz CT molecular complexity index is 475. The fourth-order valence-corrected chi connectivity index (χ4v) is 2.64. The molecule has 2 rings (SSSR count). The van der Waals surface area contributed by atoms with Crippen LogP contribution >= 0.6 is 12.2 Å². The van der Waals surface area contributed by atoms with Crippen molar-refractivity contribution in [2.75, 3.05) is 5.32 Å². The number of hydrogen-bond acceptors (Lipinski definition) is 3. The number of nitro benzene ring substituents is 1. The van der Waals surface area contributed by atoms with E-state index in [4.69, 9.17) is 12.2 Å². The number of non-ortho nitro benzene ring substituents is 1. The molecule has 19 heavy (non-hydrogen) atoms. The van der Waals surface area contributed by atoms with Gasteiger partial charge in [-0.15, -0.1) is 0 Å².